The van der Waals surface area contributed by atoms with Crippen molar-refractivity contribution in [2.75, 3.05) is 26.8 Å². The summed E-state index contributed by atoms with van der Waals surface area (Å²) in [5.41, 5.74) is 2.42. The van der Waals surface area contributed by atoms with E-state index >= 15 is 0 Å². The van der Waals surface area contributed by atoms with Gasteiger partial charge in [0.05, 0.1) is 6.54 Å². The molecule has 1 N–H and O–H groups in total. The highest BCUT2D eigenvalue weighted by Crippen LogP contribution is 2.09. The van der Waals surface area contributed by atoms with Gasteiger partial charge in [0.25, 0.3) is 0 Å². The van der Waals surface area contributed by atoms with Crippen LogP contribution in [0.5, 0.6) is 0 Å². The van der Waals surface area contributed by atoms with E-state index in [1.165, 1.54) is 11.1 Å². The van der Waals surface area contributed by atoms with E-state index in [0.29, 0.717) is 19.7 Å². The van der Waals surface area contributed by atoms with Crippen molar-refractivity contribution in [2.24, 2.45) is 0 Å². The first-order chi connectivity index (χ1) is 11.8. The fraction of sp³-hybridized carbons (Fsp3) is 0.350. The lowest BCUT2D eigenvalue weighted by Crippen LogP contribution is -2.37. The number of amides is 1. The Hall–Kier alpha value is -2.17. The number of nitrogens with one attached hydrogen (secondary N) is 1. The van der Waals surface area contributed by atoms with Crippen molar-refractivity contribution in [3.63, 3.8) is 0 Å². The van der Waals surface area contributed by atoms with Crippen molar-refractivity contribution < 1.29 is 9.53 Å². The summed E-state index contributed by atoms with van der Waals surface area (Å²) < 4.78 is 5.00. The highest BCUT2D eigenvalue weighted by atomic mass is 16.5. The number of methoxy groups -OCH3 is 1. The van der Waals surface area contributed by atoms with Gasteiger partial charge in [-0.15, -0.1) is 0 Å². The zero-order valence-electron chi connectivity index (χ0n) is 14.3. The topological polar surface area (TPSA) is 41.6 Å². The summed E-state index contributed by atoms with van der Waals surface area (Å²) in [7, 11) is 1.67. The number of carbonyl (C=O) groups is 1. The number of rotatable bonds is 10. The molecular weight excluding hydrogens is 300 g/mol. The minimum Gasteiger partial charge on any atom is -0.385 e. The normalized spacial score (nSPS) is 10.8. The highest BCUT2D eigenvalue weighted by molar-refractivity contribution is 5.77. The fourth-order valence-corrected chi connectivity index (χ4v) is 2.55. The average Bonchev–Trinajstić information content (AvgIpc) is 2.60. The van der Waals surface area contributed by atoms with Gasteiger partial charge >= 0.3 is 0 Å². The molecule has 2 aromatic rings. The van der Waals surface area contributed by atoms with E-state index in [-0.39, 0.29) is 5.91 Å². The molecule has 4 heteroatoms. The Balaban J connectivity index is 1.93. The van der Waals surface area contributed by atoms with Crippen molar-refractivity contribution in [1.82, 2.24) is 10.2 Å². The molecule has 24 heavy (non-hydrogen) atoms. The van der Waals surface area contributed by atoms with Gasteiger partial charge in [0.1, 0.15) is 0 Å². The van der Waals surface area contributed by atoms with Gasteiger partial charge < -0.3 is 10.1 Å². The number of carbonyl (C=O) groups excluding carboxylic acids is 1. The molecule has 2 rings (SSSR count). The molecule has 0 saturated carbocycles. The monoisotopic (exact) mass is 326 g/mol. The molecular formula is C20H26N2O2. The molecule has 0 saturated heterocycles. The van der Waals surface area contributed by atoms with Crippen LogP contribution in [0.3, 0.4) is 0 Å². The first-order valence-electron chi connectivity index (χ1n) is 8.34. The van der Waals surface area contributed by atoms with E-state index in [0.717, 1.165) is 19.5 Å². The molecule has 0 radical (unpaired) electrons. The maximum absolute atomic E-state index is 12.2. The van der Waals surface area contributed by atoms with Crippen molar-refractivity contribution in [3.8, 4) is 0 Å². The summed E-state index contributed by atoms with van der Waals surface area (Å²) in [5, 5.41) is 2.96. The van der Waals surface area contributed by atoms with Crippen LogP contribution in [0.15, 0.2) is 60.7 Å². The van der Waals surface area contributed by atoms with Gasteiger partial charge in [-0.2, -0.15) is 0 Å². The summed E-state index contributed by atoms with van der Waals surface area (Å²) in [6.07, 6.45) is 0.833. The zero-order valence-corrected chi connectivity index (χ0v) is 14.3. The van der Waals surface area contributed by atoms with E-state index in [4.69, 9.17) is 4.74 Å². The summed E-state index contributed by atoms with van der Waals surface area (Å²) in [4.78, 5) is 14.4. The first kappa shape index (κ1) is 18.2. The fourth-order valence-electron chi connectivity index (χ4n) is 2.55. The SMILES string of the molecule is COCCCNC(=O)CN(Cc1ccccc1)Cc1ccccc1. The number of hydrogen-bond donors (Lipinski definition) is 1. The standard InChI is InChI=1S/C20H26N2O2/c1-24-14-8-13-21-20(23)17-22(15-18-9-4-2-5-10-18)16-19-11-6-3-7-12-19/h2-7,9-12H,8,13-17H2,1H3,(H,21,23). The molecule has 0 fully saturated rings. The van der Waals surface area contributed by atoms with Crippen LogP contribution in [-0.4, -0.2) is 37.6 Å². The Bertz CT molecular complexity index is 546. The second kappa shape index (κ2) is 10.6. The molecule has 0 atom stereocenters. The van der Waals surface area contributed by atoms with Crippen LogP contribution in [0.1, 0.15) is 17.5 Å². The second-order valence-electron chi connectivity index (χ2n) is 5.81. The van der Waals surface area contributed by atoms with Crippen LogP contribution in [0.2, 0.25) is 0 Å². The molecule has 0 unspecified atom stereocenters. The average molecular weight is 326 g/mol. The second-order valence-corrected chi connectivity index (χ2v) is 5.81. The van der Waals surface area contributed by atoms with E-state index in [2.05, 4.69) is 34.5 Å². The lowest BCUT2D eigenvalue weighted by atomic mass is 10.1. The Labute approximate surface area is 144 Å². The Kier molecular flexibility index (Phi) is 8.01. The van der Waals surface area contributed by atoms with Crippen LogP contribution in [0.25, 0.3) is 0 Å². The van der Waals surface area contributed by atoms with Crippen LogP contribution in [-0.2, 0) is 22.6 Å². The molecule has 0 aromatic heterocycles. The van der Waals surface area contributed by atoms with Gasteiger partial charge in [-0.1, -0.05) is 60.7 Å². The Morgan fingerprint density at radius 3 is 2.00 bits per heavy atom. The zero-order chi connectivity index (χ0) is 17.0. The molecule has 2 aromatic carbocycles. The van der Waals surface area contributed by atoms with E-state index in [1.54, 1.807) is 7.11 Å². The van der Waals surface area contributed by atoms with Crippen molar-refractivity contribution in [1.29, 1.82) is 0 Å². The van der Waals surface area contributed by atoms with Crippen LogP contribution in [0, 0.1) is 0 Å². The van der Waals surface area contributed by atoms with Crippen molar-refractivity contribution in [2.45, 2.75) is 19.5 Å². The van der Waals surface area contributed by atoms with Gasteiger partial charge in [0, 0.05) is 33.4 Å². The van der Waals surface area contributed by atoms with Gasteiger partial charge in [0.15, 0.2) is 0 Å². The summed E-state index contributed by atoms with van der Waals surface area (Å²) in [6, 6.07) is 20.5. The van der Waals surface area contributed by atoms with E-state index in [9.17, 15) is 4.79 Å². The number of ether oxygens (including phenoxy) is 1. The lowest BCUT2D eigenvalue weighted by Gasteiger charge is -2.22. The predicted octanol–water partition coefficient (Wildman–Crippen LogP) is 2.84. The number of nitrogens with zero attached hydrogens (tertiary/aromatic N) is 1. The molecule has 128 valence electrons. The quantitative estimate of drug-likeness (QED) is 0.683. The van der Waals surface area contributed by atoms with E-state index < -0.39 is 0 Å². The van der Waals surface area contributed by atoms with Gasteiger partial charge in [-0.3, -0.25) is 9.69 Å². The number of hydrogen-bond acceptors (Lipinski definition) is 3. The van der Waals surface area contributed by atoms with Crippen LogP contribution >= 0.6 is 0 Å². The third-order valence-electron chi connectivity index (χ3n) is 3.71. The maximum atomic E-state index is 12.2. The summed E-state index contributed by atoms with van der Waals surface area (Å²) in [5.74, 6) is 0.0537. The Morgan fingerprint density at radius 1 is 0.958 bits per heavy atom. The predicted molar refractivity (Wildman–Crippen MR) is 96.5 cm³/mol. The van der Waals surface area contributed by atoms with Gasteiger partial charge in [-0.25, -0.2) is 0 Å². The van der Waals surface area contributed by atoms with Gasteiger partial charge in [0.2, 0.25) is 5.91 Å². The third-order valence-corrected chi connectivity index (χ3v) is 3.71. The molecule has 0 spiro atoms. The van der Waals surface area contributed by atoms with Crippen LogP contribution in [0.4, 0.5) is 0 Å². The molecule has 4 nitrogen and oxygen atoms in total. The van der Waals surface area contributed by atoms with Crippen molar-refractivity contribution >= 4 is 5.91 Å². The molecule has 0 aliphatic rings. The minimum atomic E-state index is 0.0537. The third kappa shape index (κ3) is 6.94. The maximum Gasteiger partial charge on any atom is 0.234 e. The van der Waals surface area contributed by atoms with Crippen molar-refractivity contribution in [3.05, 3.63) is 71.8 Å². The first-order valence-corrected chi connectivity index (χ1v) is 8.34. The molecule has 0 aliphatic carbocycles. The van der Waals surface area contributed by atoms with Gasteiger partial charge in [-0.05, 0) is 17.5 Å². The summed E-state index contributed by atoms with van der Waals surface area (Å²) >= 11 is 0. The van der Waals surface area contributed by atoms with E-state index in [1.807, 2.05) is 36.4 Å². The lowest BCUT2D eigenvalue weighted by molar-refractivity contribution is -0.122. The molecule has 1 amide bonds. The smallest absolute Gasteiger partial charge is 0.234 e. The Morgan fingerprint density at radius 2 is 1.50 bits per heavy atom. The largest absolute Gasteiger partial charge is 0.385 e. The highest BCUT2D eigenvalue weighted by Gasteiger charge is 2.12. The number of benzene rings is 2. The molecule has 0 aliphatic heterocycles. The van der Waals surface area contributed by atoms with Crippen LogP contribution < -0.4 is 5.32 Å². The summed E-state index contributed by atoms with van der Waals surface area (Å²) in [6.45, 7) is 3.20. The minimum absolute atomic E-state index is 0.0537. The molecule has 0 heterocycles. The molecule has 0 bridgehead atoms.